The summed E-state index contributed by atoms with van der Waals surface area (Å²) in [6, 6.07) is 64.8. The van der Waals surface area contributed by atoms with Gasteiger partial charge in [0.15, 0.2) is 5.82 Å². The first-order chi connectivity index (χ1) is 27.5. The van der Waals surface area contributed by atoms with E-state index in [-0.39, 0.29) is 5.41 Å². The SMILES string of the molecule is CC1(C)c2c(-c3ccccc3)nc(-c3cc(-c4ccccc4)cc(-c4cccc(-c5ccc6oc7ccccc7c6c5)c4)c3)nc2-c2ccc3ccccc3c21. The second-order valence-electron chi connectivity index (χ2n) is 15.4. The Hall–Kier alpha value is -7.10. The highest BCUT2D eigenvalue weighted by atomic mass is 16.3. The van der Waals surface area contributed by atoms with Gasteiger partial charge < -0.3 is 4.42 Å². The number of furan rings is 1. The molecule has 0 atom stereocenters. The minimum atomic E-state index is -0.307. The number of fused-ring (bicyclic) bond motifs is 8. The number of hydrogen-bond donors (Lipinski definition) is 0. The van der Waals surface area contributed by atoms with Gasteiger partial charge in [-0.2, -0.15) is 0 Å². The van der Waals surface area contributed by atoms with Crippen LogP contribution in [0.3, 0.4) is 0 Å². The third kappa shape index (κ3) is 5.12. The molecule has 10 aromatic rings. The molecule has 56 heavy (non-hydrogen) atoms. The lowest BCUT2D eigenvalue weighted by Crippen LogP contribution is -2.18. The fourth-order valence-electron chi connectivity index (χ4n) is 8.95. The Kier molecular flexibility index (Phi) is 7.20. The van der Waals surface area contributed by atoms with Gasteiger partial charge in [-0.1, -0.05) is 153 Å². The zero-order chi connectivity index (χ0) is 37.4. The Morgan fingerprint density at radius 2 is 0.946 bits per heavy atom. The summed E-state index contributed by atoms with van der Waals surface area (Å²) in [4.78, 5) is 11.0. The molecule has 3 heteroatoms. The van der Waals surface area contributed by atoms with Crippen molar-refractivity contribution in [1.29, 1.82) is 0 Å². The van der Waals surface area contributed by atoms with Gasteiger partial charge in [0.2, 0.25) is 0 Å². The van der Waals surface area contributed by atoms with Crippen LogP contribution in [-0.2, 0) is 5.41 Å². The van der Waals surface area contributed by atoms with Gasteiger partial charge in [0.25, 0.3) is 0 Å². The highest BCUT2D eigenvalue weighted by molar-refractivity contribution is 6.06. The lowest BCUT2D eigenvalue weighted by molar-refractivity contribution is 0.663. The van der Waals surface area contributed by atoms with E-state index in [2.05, 4.69) is 184 Å². The molecule has 2 heterocycles. The van der Waals surface area contributed by atoms with E-state index in [1.807, 2.05) is 12.1 Å². The normalized spacial score (nSPS) is 13.0. The van der Waals surface area contributed by atoms with Crippen LogP contribution in [0.2, 0.25) is 0 Å². The number of aromatic nitrogens is 2. The van der Waals surface area contributed by atoms with E-state index in [0.29, 0.717) is 5.82 Å². The predicted molar refractivity (Wildman–Crippen MR) is 232 cm³/mol. The maximum Gasteiger partial charge on any atom is 0.160 e. The van der Waals surface area contributed by atoms with E-state index in [9.17, 15) is 0 Å². The largest absolute Gasteiger partial charge is 0.456 e. The van der Waals surface area contributed by atoms with Crippen LogP contribution in [0, 0.1) is 0 Å². The molecule has 0 N–H and O–H groups in total. The van der Waals surface area contributed by atoms with Crippen LogP contribution in [-0.4, -0.2) is 9.97 Å². The van der Waals surface area contributed by atoms with Crippen molar-refractivity contribution in [2.45, 2.75) is 19.3 Å². The summed E-state index contributed by atoms with van der Waals surface area (Å²) in [6.45, 7) is 4.65. The average Bonchev–Trinajstić information content (AvgIpc) is 3.75. The van der Waals surface area contributed by atoms with Crippen molar-refractivity contribution in [3.63, 3.8) is 0 Å². The van der Waals surface area contributed by atoms with Gasteiger partial charge in [-0.25, -0.2) is 9.97 Å². The smallest absolute Gasteiger partial charge is 0.160 e. The van der Waals surface area contributed by atoms with Crippen LogP contribution in [0.15, 0.2) is 186 Å². The molecule has 0 spiro atoms. The molecule has 0 fully saturated rings. The molecule has 0 aliphatic heterocycles. The summed E-state index contributed by atoms with van der Waals surface area (Å²) in [5.41, 5.74) is 16.0. The minimum absolute atomic E-state index is 0.307. The van der Waals surface area contributed by atoms with Crippen LogP contribution < -0.4 is 0 Å². The van der Waals surface area contributed by atoms with Crippen molar-refractivity contribution >= 4 is 32.7 Å². The Morgan fingerprint density at radius 3 is 1.75 bits per heavy atom. The summed E-state index contributed by atoms with van der Waals surface area (Å²) in [7, 11) is 0. The molecule has 0 bridgehead atoms. The van der Waals surface area contributed by atoms with Crippen molar-refractivity contribution in [3.8, 4) is 67.3 Å². The van der Waals surface area contributed by atoms with Crippen molar-refractivity contribution in [2.24, 2.45) is 0 Å². The summed E-state index contributed by atoms with van der Waals surface area (Å²) < 4.78 is 6.15. The molecule has 11 rings (SSSR count). The zero-order valence-corrected chi connectivity index (χ0v) is 31.1. The quantitative estimate of drug-likeness (QED) is 0.178. The summed E-state index contributed by atoms with van der Waals surface area (Å²) in [5, 5.41) is 4.76. The molecule has 8 aromatic carbocycles. The van der Waals surface area contributed by atoms with E-state index in [1.165, 1.54) is 27.5 Å². The van der Waals surface area contributed by atoms with Gasteiger partial charge in [-0.05, 0) is 92.2 Å². The molecule has 0 amide bonds. The Morgan fingerprint density at radius 1 is 0.375 bits per heavy atom. The molecule has 1 aliphatic rings. The zero-order valence-electron chi connectivity index (χ0n) is 31.1. The van der Waals surface area contributed by atoms with Gasteiger partial charge in [-0.3, -0.25) is 0 Å². The molecular formula is C53H36N2O. The number of hydrogen-bond acceptors (Lipinski definition) is 3. The lowest BCUT2D eigenvalue weighted by Gasteiger charge is -2.25. The van der Waals surface area contributed by atoms with Crippen molar-refractivity contribution < 1.29 is 4.42 Å². The maximum atomic E-state index is 6.15. The second-order valence-corrected chi connectivity index (χ2v) is 15.4. The van der Waals surface area contributed by atoms with Crippen LogP contribution in [0.5, 0.6) is 0 Å². The number of benzene rings is 8. The molecule has 0 saturated carbocycles. The van der Waals surface area contributed by atoms with Crippen LogP contribution in [0.1, 0.15) is 25.0 Å². The van der Waals surface area contributed by atoms with Crippen LogP contribution in [0.25, 0.3) is 100.0 Å². The molecule has 2 aromatic heterocycles. The highest BCUT2D eigenvalue weighted by Gasteiger charge is 2.41. The molecule has 0 saturated heterocycles. The van der Waals surface area contributed by atoms with E-state index < -0.39 is 0 Å². The van der Waals surface area contributed by atoms with E-state index in [1.54, 1.807) is 0 Å². The first-order valence-electron chi connectivity index (χ1n) is 19.2. The second kappa shape index (κ2) is 12.5. The third-order valence-corrected chi connectivity index (χ3v) is 11.6. The van der Waals surface area contributed by atoms with Gasteiger partial charge >= 0.3 is 0 Å². The molecule has 3 nitrogen and oxygen atoms in total. The summed E-state index contributed by atoms with van der Waals surface area (Å²) in [6.07, 6.45) is 0. The third-order valence-electron chi connectivity index (χ3n) is 11.6. The first-order valence-corrected chi connectivity index (χ1v) is 19.2. The highest BCUT2D eigenvalue weighted by Crippen LogP contribution is 2.53. The van der Waals surface area contributed by atoms with Crippen molar-refractivity contribution in [1.82, 2.24) is 9.97 Å². The van der Waals surface area contributed by atoms with Crippen LogP contribution in [0.4, 0.5) is 0 Å². The first kappa shape index (κ1) is 32.3. The van der Waals surface area contributed by atoms with Crippen molar-refractivity contribution in [3.05, 3.63) is 193 Å². The lowest BCUT2D eigenvalue weighted by atomic mass is 9.79. The fraction of sp³-hybridized carbons (Fsp3) is 0.0566. The van der Waals surface area contributed by atoms with E-state index in [4.69, 9.17) is 14.4 Å². The maximum absolute atomic E-state index is 6.15. The molecule has 264 valence electrons. The van der Waals surface area contributed by atoms with E-state index in [0.717, 1.165) is 77.8 Å². The fourth-order valence-corrected chi connectivity index (χ4v) is 8.95. The minimum Gasteiger partial charge on any atom is -0.456 e. The number of nitrogens with zero attached hydrogens (tertiary/aromatic N) is 2. The predicted octanol–water partition coefficient (Wildman–Crippen LogP) is 14.2. The Bertz CT molecular complexity index is 3160. The summed E-state index contributed by atoms with van der Waals surface area (Å²) >= 11 is 0. The molecular weight excluding hydrogens is 681 g/mol. The topological polar surface area (TPSA) is 38.9 Å². The van der Waals surface area contributed by atoms with Gasteiger partial charge in [0, 0.05) is 38.4 Å². The standard InChI is InChI=1S/C53H36N2O/c1-53(2)48-42-21-10-9-16-34(42)24-26-44(48)51-49(53)50(35-17-7-4-8-18-35)54-52(55-51)41-30-39(33-14-5-3-6-15-33)29-40(31-41)37-20-13-19-36(28-37)38-25-27-47-45(32-38)43-22-11-12-23-46(43)56-47/h3-32H,1-2H3. The Balaban J connectivity index is 1.12. The van der Waals surface area contributed by atoms with Gasteiger partial charge in [0.05, 0.1) is 11.4 Å². The number of para-hydroxylation sites is 1. The molecule has 0 radical (unpaired) electrons. The molecule has 0 unspecified atom stereocenters. The number of rotatable bonds is 5. The van der Waals surface area contributed by atoms with Gasteiger partial charge in [0.1, 0.15) is 11.2 Å². The average molecular weight is 717 g/mol. The summed E-state index contributed by atoms with van der Waals surface area (Å²) in [5.74, 6) is 0.715. The van der Waals surface area contributed by atoms with Crippen LogP contribution >= 0.6 is 0 Å². The van der Waals surface area contributed by atoms with Gasteiger partial charge in [-0.15, -0.1) is 0 Å². The van der Waals surface area contributed by atoms with Crippen molar-refractivity contribution in [2.75, 3.05) is 0 Å². The van der Waals surface area contributed by atoms with E-state index >= 15 is 0 Å². The Labute approximate surface area is 325 Å². The molecule has 1 aliphatic carbocycles. The monoisotopic (exact) mass is 716 g/mol.